The number of hydrogen-bond acceptors (Lipinski definition) is 2. The molecule has 0 aliphatic heterocycles. The minimum atomic E-state index is -4.46. The van der Waals surface area contributed by atoms with E-state index < -0.39 is 18.6 Å². The molecule has 88 valence electrons. The summed E-state index contributed by atoms with van der Waals surface area (Å²) in [6, 6.07) is 1.37. The number of rotatable bonds is 2. The van der Waals surface area contributed by atoms with Gasteiger partial charge >= 0.3 is 6.18 Å². The molecule has 8 heteroatoms. The van der Waals surface area contributed by atoms with Crippen molar-refractivity contribution in [1.29, 1.82) is 0 Å². The van der Waals surface area contributed by atoms with Crippen molar-refractivity contribution < 1.29 is 18.0 Å². The molecular formula is C8H5BrClF3N2O. The second-order valence-corrected chi connectivity index (χ2v) is 4.10. The first-order chi connectivity index (χ1) is 7.29. The average molecular weight is 317 g/mol. The van der Waals surface area contributed by atoms with Crippen molar-refractivity contribution in [2.75, 3.05) is 6.54 Å². The summed E-state index contributed by atoms with van der Waals surface area (Å²) < 4.78 is 36.0. The molecule has 1 N–H and O–H groups in total. The SMILES string of the molecule is O=C(NCC(F)(F)F)c1ncc(Br)cc1Cl. The molecule has 0 unspecified atom stereocenters. The van der Waals surface area contributed by atoms with Gasteiger partial charge in [0.2, 0.25) is 0 Å². The van der Waals surface area contributed by atoms with E-state index in [0.29, 0.717) is 4.47 Å². The molecule has 0 aliphatic carbocycles. The lowest BCUT2D eigenvalue weighted by Crippen LogP contribution is -2.34. The lowest BCUT2D eigenvalue weighted by atomic mass is 10.3. The predicted octanol–water partition coefficient (Wildman–Crippen LogP) is 2.79. The van der Waals surface area contributed by atoms with Gasteiger partial charge in [0.1, 0.15) is 12.2 Å². The van der Waals surface area contributed by atoms with Crippen LogP contribution < -0.4 is 5.32 Å². The highest BCUT2D eigenvalue weighted by atomic mass is 79.9. The number of aromatic nitrogens is 1. The Bertz CT molecular complexity index is 411. The third-order valence-corrected chi connectivity index (χ3v) is 2.19. The van der Waals surface area contributed by atoms with Crippen LogP contribution in [0.15, 0.2) is 16.7 Å². The number of hydrogen-bond donors (Lipinski definition) is 1. The van der Waals surface area contributed by atoms with Crippen LogP contribution in [0.3, 0.4) is 0 Å². The largest absolute Gasteiger partial charge is 0.405 e. The lowest BCUT2D eigenvalue weighted by Gasteiger charge is -2.08. The van der Waals surface area contributed by atoms with Crippen LogP contribution in [-0.2, 0) is 0 Å². The molecule has 0 atom stereocenters. The van der Waals surface area contributed by atoms with E-state index in [0.717, 1.165) is 0 Å². The number of nitrogens with one attached hydrogen (secondary N) is 1. The van der Waals surface area contributed by atoms with Crippen molar-refractivity contribution in [3.8, 4) is 0 Å². The third kappa shape index (κ3) is 3.97. The van der Waals surface area contributed by atoms with Gasteiger partial charge in [0.25, 0.3) is 5.91 Å². The quantitative estimate of drug-likeness (QED) is 0.911. The molecule has 1 aromatic heterocycles. The molecule has 0 saturated carbocycles. The van der Waals surface area contributed by atoms with Crippen LogP contribution in [0.2, 0.25) is 5.02 Å². The van der Waals surface area contributed by atoms with Crippen LogP contribution >= 0.6 is 27.5 Å². The Morgan fingerprint density at radius 2 is 2.19 bits per heavy atom. The molecular weight excluding hydrogens is 312 g/mol. The fourth-order valence-corrected chi connectivity index (χ4v) is 1.56. The van der Waals surface area contributed by atoms with E-state index in [1.54, 1.807) is 5.32 Å². The summed E-state index contributed by atoms with van der Waals surface area (Å²) in [5, 5.41) is 1.65. The van der Waals surface area contributed by atoms with E-state index in [2.05, 4.69) is 20.9 Å². The third-order valence-electron chi connectivity index (χ3n) is 1.47. The lowest BCUT2D eigenvalue weighted by molar-refractivity contribution is -0.123. The molecule has 3 nitrogen and oxygen atoms in total. The Morgan fingerprint density at radius 1 is 1.56 bits per heavy atom. The fourth-order valence-electron chi connectivity index (χ4n) is 0.846. The van der Waals surface area contributed by atoms with Gasteiger partial charge in [-0.05, 0) is 22.0 Å². The Hall–Kier alpha value is -0.820. The first-order valence-corrected chi connectivity index (χ1v) is 5.12. The first kappa shape index (κ1) is 13.2. The number of amides is 1. The minimum absolute atomic E-state index is 0.0194. The van der Waals surface area contributed by atoms with Crippen molar-refractivity contribution in [3.63, 3.8) is 0 Å². The highest BCUT2D eigenvalue weighted by Gasteiger charge is 2.28. The molecule has 16 heavy (non-hydrogen) atoms. The smallest absolute Gasteiger partial charge is 0.342 e. The van der Waals surface area contributed by atoms with Gasteiger partial charge in [-0.2, -0.15) is 13.2 Å². The summed E-state index contributed by atoms with van der Waals surface area (Å²) in [5.74, 6) is -0.963. The summed E-state index contributed by atoms with van der Waals surface area (Å²) in [6.45, 7) is -1.42. The van der Waals surface area contributed by atoms with Crippen molar-refractivity contribution in [1.82, 2.24) is 10.3 Å². The number of pyridine rings is 1. The highest BCUT2D eigenvalue weighted by Crippen LogP contribution is 2.19. The predicted molar refractivity (Wildman–Crippen MR) is 55.3 cm³/mol. The molecule has 0 aliphatic rings. The van der Waals surface area contributed by atoms with Gasteiger partial charge in [0.05, 0.1) is 5.02 Å². The second kappa shape index (κ2) is 5.01. The zero-order valence-electron chi connectivity index (χ0n) is 7.61. The zero-order chi connectivity index (χ0) is 12.3. The highest BCUT2D eigenvalue weighted by molar-refractivity contribution is 9.10. The summed E-state index contributed by atoms with van der Waals surface area (Å²) in [5.41, 5.74) is -0.242. The summed E-state index contributed by atoms with van der Waals surface area (Å²) in [7, 11) is 0. The van der Waals surface area contributed by atoms with Crippen molar-refractivity contribution in [3.05, 3.63) is 27.5 Å². The van der Waals surface area contributed by atoms with Gasteiger partial charge in [0.15, 0.2) is 0 Å². The molecule has 1 rings (SSSR count). The number of halogens is 5. The molecule has 0 spiro atoms. The Morgan fingerprint density at radius 3 is 2.69 bits per heavy atom. The number of alkyl halides is 3. The van der Waals surface area contributed by atoms with Gasteiger partial charge in [0, 0.05) is 10.7 Å². The maximum absolute atomic E-state index is 11.8. The fraction of sp³-hybridized carbons (Fsp3) is 0.250. The van der Waals surface area contributed by atoms with E-state index in [4.69, 9.17) is 11.6 Å². The average Bonchev–Trinajstić information content (AvgIpc) is 2.13. The van der Waals surface area contributed by atoms with Gasteiger partial charge in [-0.25, -0.2) is 4.98 Å². The van der Waals surface area contributed by atoms with Crippen LogP contribution in [0.4, 0.5) is 13.2 Å². The van der Waals surface area contributed by atoms with Crippen LogP contribution in [0.1, 0.15) is 10.5 Å². The summed E-state index contributed by atoms with van der Waals surface area (Å²) >= 11 is 8.70. The normalized spacial score (nSPS) is 11.3. The molecule has 0 aromatic carbocycles. The number of carbonyl (C=O) groups is 1. The second-order valence-electron chi connectivity index (χ2n) is 2.78. The summed E-state index contributed by atoms with van der Waals surface area (Å²) in [4.78, 5) is 14.9. The molecule has 1 amide bonds. The van der Waals surface area contributed by atoms with E-state index in [9.17, 15) is 18.0 Å². The number of carbonyl (C=O) groups excluding carboxylic acids is 1. The number of nitrogens with zero attached hydrogens (tertiary/aromatic N) is 1. The van der Waals surface area contributed by atoms with Crippen molar-refractivity contribution in [2.45, 2.75) is 6.18 Å². The van der Waals surface area contributed by atoms with E-state index in [1.807, 2.05) is 0 Å². The van der Waals surface area contributed by atoms with E-state index in [1.165, 1.54) is 12.3 Å². The first-order valence-electron chi connectivity index (χ1n) is 3.95. The molecule has 1 heterocycles. The van der Waals surface area contributed by atoms with Gasteiger partial charge in [-0.15, -0.1) is 0 Å². The molecule has 0 saturated heterocycles. The molecule has 0 fully saturated rings. The minimum Gasteiger partial charge on any atom is -0.342 e. The van der Waals surface area contributed by atoms with Crippen LogP contribution in [0.5, 0.6) is 0 Å². The Labute approximate surface area is 102 Å². The Balaban J connectivity index is 2.74. The van der Waals surface area contributed by atoms with Crippen LogP contribution in [0.25, 0.3) is 0 Å². The molecule has 0 bridgehead atoms. The van der Waals surface area contributed by atoms with Gasteiger partial charge < -0.3 is 5.32 Å². The maximum Gasteiger partial charge on any atom is 0.405 e. The topological polar surface area (TPSA) is 42.0 Å². The van der Waals surface area contributed by atoms with Crippen LogP contribution in [-0.4, -0.2) is 23.6 Å². The van der Waals surface area contributed by atoms with Crippen molar-refractivity contribution in [2.24, 2.45) is 0 Å². The van der Waals surface area contributed by atoms with E-state index in [-0.39, 0.29) is 10.7 Å². The molecule has 1 aromatic rings. The Kier molecular flexibility index (Phi) is 4.15. The summed E-state index contributed by atoms with van der Waals surface area (Å²) in [6.07, 6.45) is -3.19. The monoisotopic (exact) mass is 316 g/mol. The standard InChI is InChI=1S/C8H5BrClF3N2O/c9-4-1-5(10)6(14-2-4)7(16)15-3-8(11,12)13/h1-2H,3H2,(H,15,16). The molecule has 0 radical (unpaired) electrons. The van der Waals surface area contributed by atoms with Gasteiger partial charge in [-0.1, -0.05) is 11.6 Å². The van der Waals surface area contributed by atoms with Crippen molar-refractivity contribution >= 4 is 33.4 Å². The van der Waals surface area contributed by atoms with Crippen LogP contribution in [0, 0.1) is 0 Å². The zero-order valence-corrected chi connectivity index (χ0v) is 9.95. The van der Waals surface area contributed by atoms with Gasteiger partial charge in [-0.3, -0.25) is 4.79 Å². The maximum atomic E-state index is 11.8. The van der Waals surface area contributed by atoms with E-state index >= 15 is 0 Å².